The van der Waals surface area contributed by atoms with Crippen molar-refractivity contribution in [3.8, 4) is 22.8 Å². The zero-order valence-corrected chi connectivity index (χ0v) is 24.6. The van der Waals surface area contributed by atoms with Gasteiger partial charge in [-0.05, 0) is 62.1 Å². The molecule has 210 valence electrons. The van der Waals surface area contributed by atoms with Gasteiger partial charge in [0.25, 0.3) is 11.6 Å². The molecule has 42 heavy (non-hydrogen) atoms. The van der Waals surface area contributed by atoms with Gasteiger partial charge in [-0.25, -0.2) is 18.3 Å². The molecule has 4 aliphatic rings. The third-order valence-electron chi connectivity index (χ3n) is 10.4. The van der Waals surface area contributed by atoms with Gasteiger partial charge in [-0.2, -0.15) is 0 Å². The molecule has 5 aromatic heterocycles. The van der Waals surface area contributed by atoms with Crippen LogP contribution in [0.2, 0.25) is 0 Å². The molecule has 2 saturated carbocycles. The molecule has 0 spiro atoms. The van der Waals surface area contributed by atoms with E-state index in [1.807, 2.05) is 0 Å². The van der Waals surface area contributed by atoms with Crippen LogP contribution in [0, 0.1) is 0 Å². The minimum Gasteiger partial charge on any atom is -0.355 e. The molecule has 2 unspecified atom stereocenters. The molecule has 0 aromatic carbocycles. The molecule has 2 N–H and O–H groups in total. The first-order chi connectivity index (χ1) is 20.4. The van der Waals surface area contributed by atoms with E-state index in [4.69, 9.17) is 9.97 Å². The summed E-state index contributed by atoms with van der Waals surface area (Å²) in [6, 6.07) is 13.5. The van der Waals surface area contributed by atoms with Gasteiger partial charge in [-0.1, -0.05) is 0 Å². The molecule has 9 rings (SSSR count). The molecule has 2 aliphatic carbocycles. The summed E-state index contributed by atoms with van der Waals surface area (Å²) in [6.45, 7) is 0. The summed E-state index contributed by atoms with van der Waals surface area (Å²) in [5, 5.41) is 0. The molecule has 8 nitrogen and oxygen atoms in total. The van der Waals surface area contributed by atoms with Crippen LogP contribution in [-0.2, 0) is 28.2 Å². The highest BCUT2D eigenvalue weighted by molar-refractivity contribution is 5.82. The Morgan fingerprint density at radius 3 is 1.43 bits per heavy atom. The Morgan fingerprint density at radius 1 is 0.643 bits per heavy atom. The number of aryl methyl sites for hydroxylation is 4. The summed E-state index contributed by atoms with van der Waals surface area (Å²) in [7, 11) is 8.52. The van der Waals surface area contributed by atoms with E-state index in [1.165, 1.54) is 71.2 Å². The zero-order valence-electron chi connectivity index (χ0n) is 24.6. The van der Waals surface area contributed by atoms with Crippen LogP contribution < -0.4 is 9.13 Å². The fourth-order valence-corrected chi connectivity index (χ4v) is 7.97. The van der Waals surface area contributed by atoms with Crippen molar-refractivity contribution in [2.45, 2.75) is 49.4 Å². The Labute approximate surface area is 244 Å². The van der Waals surface area contributed by atoms with Crippen molar-refractivity contribution in [2.75, 3.05) is 0 Å². The molecule has 8 heteroatoms. The van der Waals surface area contributed by atoms with Crippen molar-refractivity contribution in [3.05, 3.63) is 84.0 Å². The van der Waals surface area contributed by atoms with Gasteiger partial charge in [0.2, 0.25) is 0 Å². The third kappa shape index (κ3) is 3.29. The standard InChI is InChI=1S/C34H35N8/c1-39-13-14-40(2)33(39)29-25-11-5-19(35-25)17-28-22-8-10-24(22)32(38-28)30(34-41(3)15-16-42(34)4)26-12-6-20(36-26)18-27-21-7-9-23(21)31(29)37-27/h5-6,11-18,21-24H,7-10H2,1-4H3,(H,35,36)/q+1/p+1/t21-,22+,23?,24?. The highest BCUT2D eigenvalue weighted by Crippen LogP contribution is 2.55. The van der Waals surface area contributed by atoms with Crippen molar-refractivity contribution in [3.63, 3.8) is 0 Å². The van der Waals surface area contributed by atoms with E-state index in [1.54, 1.807) is 0 Å². The van der Waals surface area contributed by atoms with Crippen LogP contribution in [0.5, 0.6) is 0 Å². The minimum absolute atomic E-state index is 0.443. The summed E-state index contributed by atoms with van der Waals surface area (Å²) < 4.78 is 8.87. The summed E-state index contributed by atoms with van der Waals surface area (Å²) in [4.78, 5) is 18.4. The molecule has 4 atom stereocenters. The van der Waals surface area contributed by atoms with Crippen molar-refractivity contribution >= 4 is 22.1 Å². The van der Waals surface area contributed by atoms with E-state index < -0.39 is 0 Å². The molecule has 7 heterocycles. The highest BCUT2D eigenvalue weighted by atomic mass is 15.1. The lowest BCUT2D eigenvalue weighted by molar-refractivity contribution is -0.659. The number of nitrogens with one attached hydrogen (secondary N) is 2. The van der Waals surface area contributed by atoms with Crippen LogP contribution in [0.3, 0.4) is 0 Å². The van der Waals surface area contributed by atoms with Gasteiger partial charge in [0.15, 0.2) is 0 Å². The molecule has 8 bridgehead atoms. The molecule has 0 radical (unpaired) electrons. The Hall–Kier alpha value is -4.46. The Bertz CT molecular complexity index is 1900. The van der Waals surface area contributed by atoms with E-state index in [-0.39, 0.29) is 0 Å². The summed E-state index contributed by atoms with van der Waals surface area (Å²) in [6.07, 6.45) is 13.2. The van der Waals surface area contributed by atoms with Crippen LogP contribution in [0.15, 0.2) is 61.2 Å². The fourth-order valence-electron chi connectivity index (χ4n) is 7.97. The number of hydrogen-bond acceptors (Lipinski definition) is 2. The topological polar surface area (TPSA) is 75.0 Å². The number of aromatic amines is 2. The summed E-state index contributed by atoms with van der Waals surface area (Å²) in [5.74, 6) is 4.14. The van der Waals surface area contributed by atoms with Gasteiger partial charge in [0, 0.05) is 46.1 Å². The first-order valence-corrected chi connectivity index (χ1v) is 15.2. The Morgan fingerprint density at radius 2 is 1.07 bits per heavy atom. The number of imidazole rings is 2. The van der Waals surface area contributed by atoms with Crippen LogP contribution in [0.1, 0.15) is 72.1 Å². The van der Waals surface area contributed by atoms with Crippen molar-refractivity contribution in [1.29, 1.82) is 0 Å². The molecular weight excluding hydrogens is 520 g/mol. The van der Waals surface area contributed by atoms with E-state index in [0.717, 1.165) is 22.1 Å². The van der Waals surface area contributed by atoms with E-state index in [9.17, 15) is 0 Å². The second-order valence-electron chi connectivity index (χ2n) is 12.8. The second kappa shape index (κ2) is 8.53. The number of hydrogen-bond donors (Lipinski definition) is 2. The number of H-pyrrole nitrogens is 2. The Kier molecular flexibility index (Phi) is 4.91. The first kappa shape index (κ1) is 24.2. The molecular formula is C34H36N8+2. The van der Waals surface area contributed by atoms with Crippen LogP contribution in [-0.4, -0.2) is 29.1 Å². The van der Waals surface area contributed by atoms with Crippen molar-refractivity contribution in [2.24, 2.45) is 28.2 Å². The van der Waals surface area contributed by atoms with Crippen molar-refractivity contribution in [1.82, 2.24) is 29.1 Å². The van der Waals surface area contributed by atoms with Gasteiger partial charge in [0.05, 0.1) is 50.6 Å². The quantitative estimate of drug-likeness (QED) is 0.290. The van der Waals surface area contributed by atoms with Gasteiger partial charge in [0.1, 0.15) is 35.9 Å². The molecule has 2 aliphatic heterocycles. The lowest BCUT2D eigenvalue weighted by atomic mass is 9.71. The van der Waals surface area contributed by atoms with E-state index in [0.29, 0.717) is 23.7 Å². The monoisotopic (exact) mass is 556 g/mol. The first-order valence-electron chi connectivity index (χ1n) is 15.2. The molecule has 0 saturated heterocycles. The molecule has 5 aromatic rings. The lowest BCUT2D eigenvalue weighted by Crippen LogP contribution is -2.29. The predicted molar refractivity (Wildman–Crippen MR) is 162 cm³/mol. The fraction of sp³-hybridized carbons (Fsp3) is 0.353. The third-order valence-corrected chi connectivity index (χ3v) is 10.4. The maximum absolute atomic E-state index is 5.42. The van der Waals surface area contributed by atoms with Gasteiger partial charge in [-0.3, -0.25) is 9.97 Å². The number of fused-ring (bicyclic) bond motifs is 14. The zero-order chi connectivity index (χ0) is 28.3. The summed E-state index contributed by atoms with van der Waals surface area (Å²) in [5.41, 5.74) is 11.6. The SMILES string of the molecule is Cn1cc[n+](C)c1-c1c2nc(cc3ccc([nH]3)c(-c3n(C)cc[n+]3C)c3nc(cc4ccc1[nH]4)[C@@H]1CCC31)[C@H]1CCC21. The van der Waals surface area contributed by atoms with Gasteiger partial charge >= 0.3 is 0 Å². The van der Waals surface area contributed by atoms with Gasteiger partial charge < -0.3 is 9.97 Å². The van der Waals surface area contributed by atoms with E-state index >= 15 is 0 Å². The van der Waals surface area contributed by atoms with Crippen LogP contribution in [0.25, 0.3) is 44.8 Å². The number of rotatable bonds is 2. The normalized spacial score (nSPS) is 22.4. The average Bonchev–Trinajstić information content (AvgIpc) is 3.75. The van der Waals surface area contributed by atoms with Crippen LogP contribution in [0.4, 0.5) is 0 Å². The second-order valence-corrected chi connectivity index (χ2v) is 12.8. The highest BCUT2D eigenvalue weighted by Gasteiger charge is 2.44. The summed E-state index contributed by atoms with van der Waals surface area (Å²) >= 11 is 0. The smallest absolute Gasteiger partial charge is 0.292 e. The average molecular weight is 557 g/mol. The lowest BCUT2D eigenvalue weighted by Gasteiger charge is -2.30. The number of aromatic nitrogens is 8. The minimum atomic E-state index is 0.443. The van der Waals surface area contributed by atoms with E-state index in [2.05, 4.69) is 118 Å². The maximum atomic E-state index is 5.42. The van der Waals surface area contributed by atoms with Crippen molar-refractivity contribution < 1.29 is 9.13 Å². The molecule has 0 amide bonds. The number of nitrogens with zero attached hydrogens (tertiary/aromatic N) is 6. The van der Waals surface area contributed by atoms with Crippen LogP contribution >= 0.6 is 0 Å². The predicted octanol–water partition coefficient (Wildman–Crippen LogP) is 5.30. The van der Waals surface area contributed by atoms with Gasteiger partial charge in [-0.15, -0.1) is 0 Å². The Balaban J connectivity index is 1.42. The largest absolute Gasteiger partial charge is 0.355 e. The maximum Gasteiger partial charge on any atom is 0.292 e. The molecule has 2 fully saturated rings.